The third-order valence-electron chi connectivity index (χ3n) is 6.43. The van der Waals surface area contributed by atoms with E-state index in [1.54, 1.807) is 12.1 Å². The number of rotatable bonds is 7. The Morgan fingerprint density at radius 2 is 1.79 bits per heavy atom. The highest BCUT2D eigenvalue weighted by Crippen LogP contribution is 2.42. The lowest BCUT2D eigenvalue weighted by Crippen LogP contribution is -2.22. The van der Waals surface area contributed by atoms with Crippen LogP contribution in [0.4, 0.5) is 8.78 Å². The Hall–Kier alpha value is -1.64. The molecule has 1 aromatic rings. The van der Waals surface area contributed by atoms with Crippen LogP contribution in [-0.2, 0) is 0 Å². The second-order valence-electron chi connectivity index (χ2n) is 8.36. The molecule has 0 aromatic heterocycles. The minimum absolute atomic E-state index is 0.0197. The Bertz CT molecular complexity index is 699. The van der Waals surface area contributed by atoms with Gasteiger partial charge in [0.05, 0.1) is 6.61 Å². The lowest BCUT2D eigenvalue weighted by Gasteiger charge is -2.35. The van der Waals surface area contributed by atoms with Gasteiger partial charge in [0.2, 0.25) is 5.82 Å². The molecular weight excluding hydrogens is 354 g/mol. The zero-order valence-electron chi connectivity index (χ0n) is 17.4. The topological polar surface area (TPSA) is 9.23 Å². The quantitative estimate of drug-likeness (QED) is 0.435. The fourth-order valence-electron chi connectivity index (χ4n) is 4.77. The molecule has 154 valence electrons. The number of halogens is 2. The Balaban J connectivity index is 1.60. The Morgan fingerprint density at radius 3 is 2.43 bits per heavy atom. The predicted octanol–water partition coefficient (Wildman–Crippen LogP) is 7.71. The van der Waals surface area contributed by atoms with Crippen LogP contribution in [-0.4, -0.2) is 6.61 Å². The van der Waals surface area contributed by atoms with Gasteiger partial charge in [-0.2, -0.15) is 4.39 Å². The van der Waals surface area contributed by atoms with Gasteiger partial charge in [-0.1, -0.05) is 32.1 Å². The van der Waals surface area contributed by atoms with E-state index in [0.29, 0.717) is 18.1 Å². The normalized spacial score (nSPS) is 25.7. The van der Waals surface area contributed by atoms with Crippen molar-refractivity contribution >= 4 is 5.57 Å². The Morgan fingerprint density at radius 1 is 1.00 bits per heavy atom. The van der Waals surface area contributed by atoms with Gasteiger partial charge in [0.25, 0.3) is 0 Å². The molecule has 0 N–H and O–H groups in total. The summed E-state index contributed by atoms with van der Waals surface area (Å²) in [7, 11) is 0. The van der Waals surface area contributed by atoms with Gasteiger partial charge in [0, 0.05) is 5.56 Å². The number of ether oxygens (including phenoxy) is 1. The van der Waals surface area contributed by atoms with Crippen molar-refractivity contribution in [3.63, 3.8) is 0 Å². The SMILES string of the molecule is CCC=CC1CCC(C2CC=C(c3ccc(OCCC)c(F)c3F)CC2)CC1. The largest absolute Gasteiger partial charge is 0.490 e. The summed E-state index contributed by atoms with van der Waals surface area (Å²) >= 11 is 0. The summed E-state index contributed by atoms with van der Waals surface area (Å²) in [5, 5.41) is 0. The fourth-order valence-corrected chi connectivity index (χ4v) is 4.77. The standard InChI is InChI=1S/C25H34F2O/c1-3-5-6-18-7-9-19(10-8-18)20-11-13-21(14-12-20)22-15-16-23(28-17-4-2)25(27)24(22)26/h5-6,13,15-16,18-20H,3-4,7-12,14,17H2,1-2H3. The monoisotopic (exact) mass is 388 g/mol. The molecule has 1 atom stereocenters. The highest BCUT2D eigenvalue weighted by Gasteiger charge is 2.29. The number of allylic oxidation sites excluding steroid dienone is 4. The van der Waals surface area contributed by atoms with E-state index >= 15 is 0 Å². The molecule has 0 saturated heterocycles. The smallest absolute Gasteiger partial charge is 0.201 e. The first-order valence-corrected chi connectivity index (χ1v) is 11.1. The van der Waals surface area contributed by atoms with Crippen molar-refractivity contribution in [1.29, 1.82) is 0 Å². The second kappa shape index (κ2) is 10.2. The summed E-state index contributed by atoms with van der Waals surface area (Å²) in [5.74, 6) is 0.645. The van der Waals surface area contributed by atoms with E-state index in [0.717, 1.165) is 49.5 Å². The van der Waals surface area contributed by atoms with E-state index < -0.39 is 11.6 Å². The van der Waals surface area contributed by atoms with Crippen molar-refractivity contribution in [3.05, 3.63) is 47.6 Å². The average molecular weight is 389 g/mol. The van der Waals surface area contributed by atoms with Crippen LogP contribution in [0, 0.1) is 29.4 Å². The highest BCUT2D eigenvalue weighted by atomic mass is 19.2. The molecular formula is C25H34F2O. The Labute approximate surface area is 168 Å². The van der Waals surface area contributed by atoms with Gasteiger partial charge in [-0.25, -0.2) is 4.39 Å². The molecule has 1 fully saturated rings. The zero-order chi connectivity index (χ0) is 19.9. The van der Waals surface area contributed by atoms with Crippen molar-refractivity contribution in [1.82, 2.24) is 0 Å². The molecule has 0 radical (unpaired) electrons. The molecule has 0 aliphatic heterocycles. The summed E-state index contributed by atoms with van der Waals surface area (Å²) in [6.45, 7) is 4.53. The van der Waals surface area contributed by atoms with Crippen LogP contribution in [0.3, 0.4) is 0 Å². The first-order valence-electron chi connectivity index (χ1n) is 11.1. The van der Waals surface area contributed by atoms with Crippen molar-refractivity contribution in [2.45, 2.75) is 71.6 Å². The molecule has 0 bridgehead atoms. The fraction of sp³-hybridized carbons (Fsp3) is 0.600. The van der Waals surface area contributed by atoms with E-state index in [4.69, 9.17) is 4.74 Å². The van der Waals surface area contributed by atoms with Crippen LogP contribution in [0.25, 0.3) is 5.57 Å². The zero-order valence-corrected chi connectivity index (χ0v) is 17.4. The molecule has 0 amide bonds. The third-order valence-corrected chi connectivity index (χ3v) is 6.43. The van der Waals surface area contributed by atoms with Crippen molar-refractivity contribution in [2.75, 3.05) is 6.61 Å². The summed E-state index contributed by atoms with van der Waals surface area (Å²) in [6.07, 6.45) is 16.9. The minimum Gasteiger partial charge on any atom is -0.490 e. The third kappa shape index (κ3) is 5.04. The first-order chi connectivity index (χ1) is 13.6. The second-order valence-corrected chi connectivity index (χ2v) is 8.36. The number of hydrogen-bond acceptors (Lipinski definition) is 1. The Kier molecular flexibility index (Phi) is 7.70. The number of benzene rings is 1. The lowest BCUT2D eigenvalue weighted by atomic mass is 9.71. The molecule has 0 heterocycles. The summed E-state index contributed by atoms with van der Waals surface area (Å²) in [5.41, 5.74) is 1.36. The molecule has 0 spiro atoms. The summed E-state index contributed by atoms with van der Waals surface area (Å²) in [6, 6.07) is 3.25. The maximum absolute atomic E-state index is 14.6. The molecule has 3 rings (SSSR count). The summed E-state index contributed by atoms with van der Waals surface area (Å²) < 4.78 is 34.2. The maximum Gasteiger partial charge on any atom is 0.201 e. The molecule has 2 aliphatic carbocycles. The van der Waals surface area contributed by atoms with Gasteiger partial charge >= 0.3 is 0 Å². The minimum atomic E-state index is -0.854. The molecule has 1 nitrogen and oxygen atoms in total. The van der Waals surface area contributed by atoms with Crippen molar-refractivity contribution < 1.29 is 13.5 Å². The van der Waals surface area contributed by atoms with Gasteiger partial charge < -0.3 is 4.74 Å². The van der Waals surface area contributed by atoms with Gasteiger partial charge in [0.15, 0.2) is 11.6 Å². The van der Waals surface area contributed by atoms with Crippen molar-refractivity contribution in [3.8, 4) is 5.75 Å². The van der Waals surface area contributed by atoms with Crippen LogP contribution < -0.4 is 4.74 Å². The highest BCUT2D eigenvalue weighted by molar-refractivity contribution is 5.67. The average Bonchev–Trinajstić information content (AvgIpc) is 2.74. The van der Waals surface area contributed by atoms with Gasteiger partial charge in [0.1, 0.15) is 0 Å². The lowest BCUT2D eigenvalue weighted by molar-refractivity contribution is 0.212. The first kappa shape index (κ1) is 21.1. The maximum atomic E-state index is 14.6. The van der Waals surface area contributed by atoms with Gasteiger partial charge in [-0.05, 0) is 93.2 Å². The molecule has 1 unspecified atom stereocenters. The van der Waals surface area contributed by atoms with Gasteiger partial charge in [-0.3, -0.25) is 0 Å². The van der Waals surface area contributed by atoms with E-state index in [-0.39, 0.29) is 5.75 Å². The molecule has 1 saturated carbocycles. The van der Waals surface area contributed by atoms with Crippen LogP contribution in [0.15, 0.2) is 30.4 Å². The molecule has 2 aliphatic rings. The van der Waals surface area contributed by atoms with E-state index in [1.807, 2.05) is 6.92 Å². The van der Waals surface area contributed by atoms with Crippen LogP contribution >= 0.6 is 0 Å². The van der Waals surface area contributed by atoms with Crippen molar-refractivity contribution in [2.24, 2.45) is 17.8 Å². The summed E-state index contributed by atoms with van der Waals surface area (Å²) in [4.78, 5) is 0. The van der Waals surface area contributed by atoms with Gasteiger partial charge in [-0.15, -0.1) is 0 Å². The van der Waals surface area contributed by atoms with Crippen LogP contribution in [0.1, 0.15) is 77.2 Å². The molecule has 1 aromatic carbocycles. The van der Waals surface area contributed by atoms with E-state index in [9.17, 15) is 8.78 Å². The van der Waals surface area contributed by atoms with E-state index in [1.165, 1.54) is 25.7 Å². The predicted molar refractivity (Wildman–Crippen MR) is 112 cm³/mol. The van der Waals surface area contributed by atoms with Crippen LogP contribution in [0.5, 0.6) is 5.75 Å². The molecule has 3 heteroatoms. The van der Waals surface area contributed by atoms with Crippen LogP contribution in [0.2, 0.25) is 0 Å². The number of hydrogen-bond donors (Lipinski definition) is 0. The van der Waals surface area contributed by atoms with E-state index in [2.05, 4.69) is 25.2 Å². The molecule has 28 heavy (non-hydrogen) atoms.